The molecule has 1 amide bonds. The Morgan fingerprint density at radius 1 is 1.33 bits per heavy atom. The zero-order chi connectivity index (χ0) is 16.0. The van der Waals surface area contributed by atoms with Gasteiger partial charge in [0.05, 0.1) is 5.56 Å². The van der Waals surface area contributed by atoms with Crippen LogP contribution in [-0.2, 0) is 14.3 Å². The summed E-state index contributed by atoms with van der Waals surface area (Å²) in [4.78, 5) is 27.2. The average molecular weight is 295 g/mol. The van der Waals surface area contributed by atoms with Crippen molar-refractivity contribution in [3.8, 4) is 0 Å². The van der Waals surface area contributed by atoms with E-state index >= 15 is 0 Å². The van der Waals surface area contributed by atoms with Crippen LogP contribution in [0.2, 0.25) is 0 Å². The fourth-order valence-electron chi connectivity index (χ4n) is 1.59. The van der Waals surface area contributed by atoms with Gasteiger partial charge in [-0.2, -0.15) is 0 Å². The van der Waals surface area contributed by atoms with Crippen LogP contribution in [0.4, 0.5) is 10.6 Å². The number of anilines is 1. The van der Waals surface area contributed by atoms with E-state index in [-0.39, 0.29) is 0 Å². The minimum absolute atomic E-state index is 0.500. The predicted molar refractivity (Wildman–Crippen MR) is 77.7 cm³/mol. The summed E-state index contributed by atoms with van der Waals surface area (Å²) in [5.74, 6) is -0.0261. The van der Waals surface area contributed by atoms with Crippen LogP contribution in [0.1, 0.15) is 39.5 Å². The molecule has 0 aromatic carbocycles. The first-order valence-corrected chi connectivity index (χ1v) is 6.52. The van der Waals surface area contributed by atoms with E-state index in [0.29, 0.717) is 11.4 Å². The van der Waals surface area contributed by atoms with Gasteiger partial charge in [0.2, 0.25) is 6.23 Å². The number of hydrogen-bond donors (Lipinski definition) is 2. The molecule has 21 heavy (non-hydrogen) atoms. The highest BCUT2D eigenvalue weighted by atomic mass is 16.6. The van der Waals surface area contributed by atoms with E-state index in [4.69, 9.17) is 9.47 Å². The maximum Gasteiger partial charge on any atom is 0.410 e. The summed E-state index contributed by atoms with van der Waals surface area (Å²) in [7, 11) is 1.68. The van der Waals surface area contributed by atoms with Gasteiger partial charge in [-0.25, -0.2) is 9.78 Å². The van der Waals surface area contributed by atoms with E-state index in [0.717, 1.165) is 0 Å². The number of nitrogens with zero attached hydrogens (tertiary/aromatic N) is 1. The molecule has 2 N–H and O–H groups in total. The molecule has 1 aromatic rings. The Hall–Kier alpha value is -2.31. The highest BCUT2D eigenvalue weighted by Gasteiger charge is 2.24. The largest absolute Gasteiger partial charge is 0.444 e. The van der Waals surface area contributed by atoms with Gasteiger partial charge >= 0.3 is 12.1 Å². The van der Waals surface area contributed by atoms with Gasteiger partial charge in [-0.1, -0.05) is 0 Å². The van der Waals surface area contributed by atoms with E-state index in [2.05, 4.69) is 15.6 Å². The molecule has 0 aliphatic carbocycles. The minimum Gasteiger partial charge on any atom is -0.444 e. The summed E-state index contributed by atoms with van der Waals surface area (Å²) < 4.78 is 10.3. The molecule has 0 radical (unpaired) electrons. The summed E-state index contributed by atoms with van der Waals surface area (Å²) in [6.07, 6.45) is -0.0682. The molecule has 1 unspecified atom stereocenters. The molecule has 7 nitrogen and oxygen atoms in total. The first-order valence-electron chi connectivity index (χ1n) is 6.52. The Bertz CT molecular complexity index is 511. The molecule has 0 bridgehead atoms. The van der Waals surface area contributed by atoms with Crippen LogP contribution in [0.5, 0.6) is 0 Å². The van der Waals surface area contributed by atoms with Crippen LogP contribution >= 0.6 is 0 Å². The van der Waals surface area contributed by atoms with Gasteiger partial charge in [-0.15, -0.1) is 0 Å². The third-order valence-corrected chi connectivity index (χ3v) is 2.29. The second-order valence-electron chi connectivity index (χ2n) is 5.33. The molecule has 0 saturated carbocycles. The number of rotatable bonds is 4. The van der Waals surface area contributed by atoms with Crippen molar-refractivity contribution in [3.05, 3.63) is 23.9 Å². The standard InChI is InChI=1S/C14H21N3O4/c1-9(18)20-12(17-13(19)21-14(2,3)4)10-7-6-8-16-11(10)15-5/h6-8,12H,1-5H3,(H,15,16)(H,17,19). The number of ether oxygens (including phenoxy) is 2. The van der Waals surface area contributed by atoms with Crippen molar-refractivity contribution in [1.82, 2.24) is 10.3 Å². The summed E-state index contributed by atoms with van der Waals surface area (Å²) in [6.45, 7) is 6.50. The van der Waals surface area contributed by atoms with Crippen molar-refractivity contribution >= 4 is 17.9 Å². The lowest BCUT2D eigenvalue weighted by Crippen LogP contribution is -2.36. The van der Waals surface area contributed by atoms with Crippen LogP contribution in [-0.4, -0.2) is 29.7 Å². The molecule has 116 valence electrons. The number of amides is 1. The highest BCUT2D eigenvalue weighted by Crippen LogP contribution is 2.22. The molecule has 0 spiro atoms. The third kappa shape index (κ3) is 5.68. The SMILES string of the molecule is CNc1ncccc1C(NC(=O)OC(C)(C)C)OC(C)=O. The van der Waals surface area contributed by atoms with Crippen LogP contribution in [0.3, 0.4) is 0 Å². The van der Waals surface area contributed by atoms with Crippen LogP contribution in [0.15, 0.2) is 18.3 Å². The van der Waals surface area contributed by atoms with Gasteiger partial charge in [0, 0.05) is 20.2 Å². The molecule has 1 aromatic heterocycles. The van der Waals surface area contributed by atoms with Gasteiger partial charge in [0.15, 0.2) is 0 Å². The van der Waals surface area contributed by atoms with E-state index in [1.165, 1.54) is 6.92 Å². The minimum atomic E-state index is -0.978. The van der Waals surface area contributed by atoms with Crippen LogP contribution < -0.4 is 10.6 Å². The second kappa shape index (κ2) is 6.92. The third-order valence-electron chi connectivity index (χ3n) is 2.29. The highest BCUT2D eigenvalue weighted by molar-refractivity contribution is 5.71. The zero-order valence-electron chi connectivity index (χ0n) is 12.9. The van der Waals surface area contributed by atoms with E-state index in [1.807, 2.05) is 0 Å². The Morgan fingerprint density at radius 2 is 2.00 bits per heavy atom. The molecule has 1 heterocycles. The molecule has 7 heteroatoms. The molecule has 1 atom stereocenters. The van der Waals surface area contributed by atoms with Gasteiger partial charge in [-0.3, -0.25) is 10.1 Å². The first-order chi connectivity index (χ1) is 9.73. The Morgan fingerprint density at radius 3 is 2.52 bits per heavy atom. The maximum absolute atomic E-state index is 11.9. The summed E-state index contributed by atoms with van der Waals surface area (Å²) in [6, 6.07) is 3.38. The number of alkyl carbamates (subject to hydrolysis) is 1. The number of carbonyl (C=O) groups is 2. The van der Waals surface area contributed by atoms with E-state index in [1.54, 1.807) is 46.1 Å². The van der Waals surface area contributed by atoms with E-state index in [9.17, 15) is 9.59 Å². The summed E-state index contributed by atoms with van der Waals surface area (Å²) in [5, 5.41) is 5.39. The van der Waals surface area contributed by atoms with Gasteiger partial charge < -0.3 is 14.8 Å². The molecule has 0 aliphatic rings. The summed E-state index contributed by atoms with van der Waals surface area (Å²) >= 11 is 0. The van der Waals surface area contributed by atoms with Crippen molar-refractivity contribution in [2.24, 2.45) is 0 Å². The molecule has 0 fully saturated rings. The smallest absolute Gasteiger partial charge is 0.410 e. The van der Waals surface area contributed by atoms with Crippen molar-refractivity contribution in [2.75, 3.05) is 12.4 Å². The van der Waals surface area contributed by atoms with Crippen LogP contribution in [0.25, 0.3) is 0 Å². The predicted octanol–water partition coefficient (Wildman–Crippen LogP) is 2.21. The van der Waals surface area contributed by atoms with Gasteiger partial charge in [0.25, 0.3) is 0 Å². The number of nitrogens with one attached hydrogen (secondary N) is 2. The lowest BCUT2D eigenvalue weighted by Gasteiger charge is -2.24. The normalized spacial score (nSPS) is 12.2. The molecule has 0 aliphatic heterocycles. The number of aromatic nitrogens is 1. The fraction of sp³-hybridized carbons (Fsp3) is 0.500. The Balaban J connectivity index is 2.95. The lowest BCUT2D eigenvalue weighted by molar-refractivity contribution is -0.148. The Kier molecular flexibility index (Phi) is 5.52. The molecular weight excluding hydrogens is 274 g/mol. The zero-order valence-corrected chi connectivity index (χ0v) is 12.9. The summed E-state index contributed by atoms with van der Waals surface area (Å²) in [5.41, 5.74) is -0.118. The number of esters is 1. The van der Waals surface area contributed by atoms with Gasteiger partial charge in [0.1, 0.15) is 11.4 Å². The first kappa shape index (κ1) is 16.7. The van der Waals surface area contributed by atoms with Crippen molar-refractivity contribution in [3.63, 3.8) is 0 Å². The van der Waals surface area contributed by atoms with Crippen molar-refractivity contribution < 1.29 is 19.1 Å². The topological polar surface area (TPSA) is 89.6 Å². The van der Waals surface area contributed by atoms with Gasteiger partial charge in [-0.05, 0) is 32.9 Å². The van der Waals surface area contributed by atoms with Crippen molar-refractivity contribution in [2.45, 2.75) is 39.5 Å². The quantitative estimate of drug-likeness (QED) is 0.654. The molecule has 1 rings (SSSR count). The van der Waals surface area contributed by atoms with Crippen LogP contribution in [0, 0.1) is 0 Å². The van der Waals surface area contributed by atoms with E-state index < -0.39 is 23.9 Å². The monoisotopic (exact) mass is 295 g/mol. The maximum atomic E-state index is 11.9. The lowest BCUT2D eigenvalue weighted by atomic mass is 10.2. The number of carbonyl (C=O) groups excluding carboxylic acids is 2. The second-order valence-corrected chi connectivity index (χ2v) is 5.33. The average Bonchev–Trinajstić information content (AvgIpc) is 2.35. The Labute approximate surface area is 124 Å². The molecular formula is C14H21N3O4. The van der Waals surface area contributed by atoms with Crippen molar-refractivity contribution in [1.29, 1.82) is 0 Å². The molecule has 0 saturated heterocycles. The number of hydrogen-bond acceptors (Lipinski definition) is 6. The number of pyridine rings is 1. The fourth-order valence-corrected chi connectivity index (χ4v) is 1.59.